The van der Waals surface area contributed by atoms with Crippen LogP contribution in [0.15, 0.2) is 18.2 Å². The van der Waals surface area contributed by atoms with E-state index in [-0.39, 0.29) is 5.78 Å². The van der Waals surface area contributed by atoms with E-state index in [2.05, 4.69) is 0 Å². The van der Waals surface area contributed by atoms with Crippen LogP contribution in [0.1, 0.15) is 41.0 Å². The minimum Gasteiger partial charge on any atom is -0.462 e. The average molecular weight is 241 g/mol. The zero-order chi connectivity index (χ0) is 12.1. The van der Waals surface area contributed by atoms with Crippen LogP contribution in [-0.2, 0) is 4.74 Å². The van der Waals surface area contributed by atoms with Crippen LogP contribution in [0.4, 0.5) is 0 Å². The molecule has 16 heavy (non-hydrogen) atoms. The van der Waals surface area contributed by atoms with Crippen molar-refractivity contribution in [3.63, 3.8) is 0 Å². The van der Waals surface area contributed by atoms with Gasteiger partial charge in [-0.25, -0.2) is 4.79 Å². The van der Waals surface area contributed by atoms with E-state index in [0.29, 0.717) is 29.2 Å². The fourth-order valence-corrected chi connectivity index (χ4v) is 1.52. The molecule has 0 aliphatic heterocycles. The molecule has 0 unspecified atom stereocenters. The number of benzene rings is 1. The zero-order valence-corrected chi connectivity index (χ0v) is 10.0. The molecule has 0 atom stereocenters. The third-order valence-electron chi connectivity index (χ3n) is 2.05. The number of carbonyl (C=O) groups excluding carboxylic acids is 2. The number of carbonyl (C=O) groups is 2. The highest BCUT2D eigenvalue weighted by Crippen LogP contribution is 2.17. The maximum atomic E-state index is 11.5. The molecule has 0 amide bonds. The quantitative estimate of drug-likeness (QED) is 0.600. The van der Waals surface area contributed by atoms with Crippen LogP contribution < -0.4 is 0 Å². The Kier molecular flexibility index (Phi) is 4.50. The van der Waals surface area contributed by atoms with Gasteiger partial charge in [0.2, 0.25) is 0 Å². The summed E-state index contributed by atoms with van der Waals surface area (Å²) in [4.78, 5) is 23.0. The number of halogens is 1. The Bertz CT molecular complexity index is 413. The van der Waals surface area contributed by atoms with Crippen LogP contribution in [0.2, 0.25) is 5.02 Å². The van der Waals surface area contributed by atoms with Gasteiger partial charge >= 0.3 is 5.97 Å². The fraction of sp³-hybridized carbons (Fsp3) is 0.333. The maximum absolute atomic E-state index is 11.5. The summed E-state index contributed by atoms with van der Waals surface area (Å²) in [7, 11) is 0. The van der Waals surface area contributed by atoms with Gasteiger partial charge in [-0.3, -0.25) is 4.79 Å². The number of ether oxygens (including phenoxy) is 1. The van der Waals surface area contributed by atoms with Gasteiger partial charge in [-0.1, -0.05) is 18.5 Å². The standard InChI is InChI=1S/C12H13ClO3/c1-3-11(14)8-5-9(7-10(13)6-8)12(15)16-4-2/h5-7H,3-4H2,1-2H3. The van der Waals surface area contributed by atoms with Gasteiger partial charge in [0, 0.05) is 17.0 Å². The van der Waals surface area contributed by atoms with Gasteiger partial charge in [0.05, 0.1) is 12.2 Å². The molecule has 0 fully saturated rings. The molecule has 3 nitrogen and oxygen atoms in total. The first-order valence-electron chi connectivity index (χ1n) is 5.09. The van der Waals surface area contributed by atoms with E-state index in [1.54, 1.807) is 19.9 Å². The van der Waals surface area contributed by atoms with E-state index in [9.17, 15) is 9.59 Å². The highest BCUT2D eigenvalue weighted by atomic mass is 35.5. The Balaban J connectivity index is 3.07. The summed E-state index contributed by atoms with van der Waals surface area (Å²) in [6.07, 6.45) is 0.378. The minimum absolute atomic E-state index is 0.0481. The molecule has 0 N–H and O–H groups in total. The molecule has 0 heterocycles. The molecule has 1 aromatic rings. The largest absolute Gasteiger partial charge is 0.462 e. The Morgan fingerprint density at radius 1 is 1.19 bits per heavy atom. The van der Waals surface area contributed by atoms with Crippen molar-refractivity contribution in [1.82, 2.24) is 0 Å². The van der Waals surface area contributed by atoms with Crippen molar-refractivity contribution in [2.24, 2.45) is 0 Å². The Labute approximate surface area is 99.4 Å². The predicted molar refractivity (Wildman–Crippen MR) is 62.0 cm³/mol. The summed E-state index contributed by atoms with van der Waals surface area (Å²) in [5.74, 6) is -0.511. The molecule has 0 aliphatic rings. The fourth-order valence-electron chi connectivity index (χ4n) is 1.29. The van der Waals surface area contributed by atoms with E-state index in [0.717, 1.165) is 0 Å². The number of Topliss-reactive ketones (excluding diaryl/α,β-unsaturated/α-hetero) is 1. The number of ketones is 1. The number of hydrogen-bond donors (Lipinski definition) is 0. The van der Waals surface area contributed by atoms with E-state index >= 15 is 0 Å². The lowest BCUT2D eigenvalue weighted by Crippen LogP contribution is -2.06. The maximum Gasteiger partial charge on any atom is 0.338 e. The van der Waals surface area contributed by atoms with Crippen molar-refractivity contribution in [1.29, 1.82) is 0 Å². The van der Waals surface area contributed by atoms with E-state index < -0.39 is 5.97 Å². The van der Waals surface area contributed by atoms with Crippen LogP contribution in [0.5, 0.6) is 0 Å². The monoisotopic (exact) mass is 240 g/mol. The van der Waals surface area contributed by atoms with Crippen LogP contribution >= 0.6 is 11.6 Å². The van der Waals surface area contributed by atoms with Crippen LogP contribution in [0, 0.1) is 0 Å². The van der Waals surface area contributed by atoms with Gasteiger partial charge in [0.15, 0.2) is 5.78 Å². The first-order valence-corrected chi connectivity index (χ1v) is 5.47. The molecular formula is C12H13ClO3. The highest BCUT2D eigenvalue weighted by molar-refractivity contribution is 6.31. The smallest absolute Gasteiger partial charge is 0.338 e. The topological polar surface area (TPSA) is 43.4 Å². The SMILES string of the molecule is CCOC(=O)c1cc(Cl)cc(C(=O)CC)c1. The molecule has 0 aromatic heterocycles. The van der Waals surface area contributed by atoms with Crippen molar-refractivity contribution >= 4 is 23.4 Å². The van der Waals surface area contributed by atoms with E-state index in [4.69, 9.17) is 16.3 Å². The first kappa shape index (κ1) is 12.7. The molecule has 0 bridgehead atoms. The van der Waals surface area contributed by atoms with Gasteiger partial charge in [-0.15, -0.1) is 0 Å². The molecule has 0 radical (unpaired) electrons. The first-order chi connectivity index (χ1) is 7.58. The number of esters is 1. The molecular weight excluding hydrogens is 228 g/mol. The molecule has 86 valence electrons. The minimum atomic E-state index is -0.463. The molecule has 4 heteroatoms. The van der Waals surface area contributed by atoms with Crippen LogP contribution in [-0.4, -0.2) is 18.4 Å². The van der Waals surface area contributed by atoms with Crippen molar-refractivity contribution in [2.75, 3.05) is 6.61 Å². The summed E-state index contributed by atoms with van der Waals surface area (Å²) in [5, 5.41) is 0.363. The summed E-state index contributed by atoms with van der Waals surface area (Å²) in [5.41, 5.74) is 0.754. The Morgan fingerprint density at radius 2 is 1.81 bits per heavy atom. The Morgan fingerprint density at radius 3 is 2.38 bits per heavy atom. The molecule has 0 saturated carbocycles. The summed E-state index contributed by atoms with van der Waals surface area (Å²) < 4.78 is 4.84. The van der Waals surface area contributed by atoms with Crippen molar-refractivity contribution in [2.45, 2.75) is 20.3 Å². The number of hydrogen-bond acceptors (Lipinski definition) is 3. The predicted octanol–water partition coefficient (Wildman–Crippen LogP) is 3.11. The molecule has 0 spiro atoms. The summed E-state index contributed by atoms with van der Waals surface area (Å²) >= 11 is 5.84. The number of rotatable bonds is 4. The van der Waals surface area contributed by atoms with Crippen LogP contribution in [0.3, 0.4) is 0 Å². The Hall–Kier alpha value is -1.35. The second-order valence-corrected chi connectivity index (χ2v) is 3.66. The van der Waals surface area contributed by atoms with Gasteiger partial charge in [0.1, 0.15) is 0 Å². The van der Waals surface area contributed by atoms with Gasteiger partial charge in [0.25, 0.3) is 0 Å². The second kappa shape index (κ2) is 5.66. The van der Waals surface area contributed by atoms with Gasteiger partial charge in [-0.2, -0.15) is 0 Å². The van der Waals surface area contributed by atoms with E-state index in [1.807, 2.05) is 0 Å². The second-order valence-electron chi connectivity index (χ2n) is 3.23. The third kappa shape index (κ3) is 3.07. The third-order valence-corrected chi connectivity index (χ3v) is 2.27. The van der Waals surface area contributed by atoms with Gasteiger partial charge in [-0.05, 0) is 25.1 Å². The average Bonchev–Trinajstić information content (AvgIpc) is 2.27. The van der Waals surface area contributed by atoms with Gasteiger partial charge < -0.3 is 4.74 Å². The molecule has 1 rings (SSSR count). The lowest BCUT2D eigenvalue weighted by atomic mass is 10.1. The summed E-state index contributed by atoms with van der Waals surface area (Å²) in [6, 6.07) is 4.55. The molecule has 1 aromatic carbocycles. The lowest BCUT2D eigenvalue weighted by Gasteiger charge is -2.05. The lowest BCUT2D eigenvalue weighted by molar-refractivity contribution is 0.0526. The molecule has 0 saturated heterocycles. The summed E-state index contributed by atoms with van der Waals surface area (Å²) in [6.45, 7) is 3.77. The normalized spacial score (nSPS) is 9.94. The highest BCUT2D eigenvalue weighted by Gasteiger charge is 2.12. The van der Waals surface area contributed by atoms with E-state index in [1.165, 1.54) is 12.1 Å². The zero-order valence-electron chi connectivity index (χ0n) is 9.25. The van der Waals surface area contributed by atoms with Crippen LogP contribution in [0.25, 0.3) is 0 Å². The van der Waals surface area contributed by atoms with Crippen molar-refractivity contribution < 1.29 is 14.3 Å². The van der Waals surface area contributed by atoms with Crippen molar-refractivity contribution in [3.05, 3.63) is 34.3 Å². The van der Waals surface area contributed by atoms with Crippen molar-refractivity contribution in [3.8, 4) is 0 Å². The molecule has 0 aliphatic carbocycles.